The molecule has 0 spiro atoms. The third-order valence-corrected chi connectivity index (χ3v) is 4.22. The molecule has 1 unspecified atom stereocenters. The van der Waals surface area contributed by atoms with Crippen LogP contribution in [0.4, 0.5) is 0 Å². The minimum atomic E-state index is 0.124. The number of aryl methyl sites for hydroxylation is 1. The normalized spacial score (nSPS) is 24.6. The van der Waals surface area contributed by atoms with E-state index in [-0.39, 0.29) is 5.41 Å². The van der Waals surface area contributed by atoms with E-state index < -0.39 is 0 Å². The molecule has 1 N–H and O–H groups in total. The van der Waals surface area contributed by atoms with Gasteiger partial charge in [-0.15, -0.1) is 0 Å². The van der Waals surface area contributed by atoms with Crippen LogP contribution in [0.3, 0.4) is 0 Å². The molecular weight excluding hydrogens is 246 g/mol. The van der Waals surface area contributed by atoms with Crippen LogP contribution in [0.15, 0.2) is 18.2 Å². The number of halogens is 1. The Morgan fingerprint density at radius 2 is 2.28 bits per heavy atom. The second-order valence-corrected chi connectivity index (χ2v) is 5.90. The first-order valence-electron chi connectivity index (χ1n) is 6.43. The van der Waals surface area contributed by atoms with Crippen molar-refractivity contribution in [1.82, 2.24) is 14.9 Å². The molecule has 1 aliphatic heterocycles. The number of nitrogens with one attached hydrogen (secondary N) is 1. The molecular formula is C14H18ClN3. The van der Waals surface area contributed by atoms with Crippen molar-refractivity contribution in [3.8, 4) is 0 Å². The molecule has 1 aromatic carbocycles. The summed E-state index contributed by atoms with van der Waals surface area (Å²) in [4.78, 5) is 4.81. The van der Waals surface area contributed by atoms with E-state index in [2.05, 4.69) is 23.9 Å². The van der Waals surface area contributed by atoms with Crippen molar-refractivity contribution < 1.29 is 0 Å². The van der Waals surface area contributed by atoms with Crippen LogP contribution < -0.4 is 5.32 Å². The zero-order chi connectivity index (χ0) is 12.8. The number of hydrogen-bond donors (Lipinski definition) is 1. The Kier molecular flexibility index (Phi) is 2.83. The molecule has 1 aromatic heterocycles. The maximum absolute atomic E-state index is 6.07. The van der Waals surface area contributed by atoms with Crippen molar-refractivity contribution in [3.05, 3.63) is 29.0 Å². The van der Waals surface area contributed by atoms with Crippen molar-refractivity contribution in [2.24, 2.45) is 7.05 Å². The van der Waals surface area contributed by atoms with Crippen LogP contribution in [0.1, 0.15) is 25.6 Å². The van der Waals surface area contributed by atoms with Crippen molar-refractivity contribution in [2.45, 2.75) is 25.2 Å². The zero-order valence-electron chi connectivity index (χ0n) is 10.8. The molecule has 1 aliphatic rings. The molecule has 3 nitrogen and oxygen atoms in total. The lowest BCUT2D eigenvalue weighted by molar-refractivity contribution is 0.318. The number of imidazole rings is 1. The molecule has 0 aliphatic carbocycles. The molecule has 1 atom stereocenters. The summed E-state index contributed by atoms with van der Waals surface area (Å²) in [6.07, 6.45) is 2.39. The highest BCUT2D eigenvalue weighted by molar-refractivity contribution is 6.31. The first kappa shape index (κ1) is 12.0. The number of piperidine rings is 1. The second-order valence-electron chi connectivity index (χ2n) is 5.47. The molecule has 0 amide bonds. The second kappa shape index (κ2) is 4.25. The Balaban J connectivity index is 2.14. The van der Waals surface area contributed by atoms with Crippen LogP contribution in [0.2, 0.25) is 5.02 Å². The molecule has 18 heavy (non-hydrogen) atoms. The average Bonchev–Trinajstić information content (AvgIpc) is 2.68. The number of rotatable bonds is 1. The maximum Gasteiger partial charge on any atom is 0.116 e. The van der Waals surface area contributed by atoms with Gasteiger partial charge < -0.3 is 9.88 Å². The van der Waals surface area contributed by atoms with Gasteiger partial charge >= 0.3 is 0 Å². The molecule has 96 valence electrons. The first-order valence-corrected chi connectivity index (χ1v) is 6.81. The summed E-state index contributed by atoms with van der Waals surface area (Å²) in [7, 11) is 2.08. The third-order valence-electron chi connectivity index (χ3n) is 3.98. The van der Waals surface area contributed by atoms with Crippen LogP contribution >= 0.6 is 11.6 Å². The van der Waals surface area contributed by atoms with Gasteiger partial charge in [-0.05, 0) is 37.6 Å². The Hall–Kier alpha value is -1.06. The summed E-state index contributed by atoms with van der Waals surface area (Å²) in [5.41, 5.74) is 2.27. The predicted molar refractivity (Wildman–Crippen MR) is 75.2 cm³/mol. The van der Waals surface area contributed by atoms with Gasteiger partial charge in [0.2, 0.25) is 0 Å². The number of hydrogen-bond acceptors (Lipinski definition) is 2. The van der Waals surface area contributed by atoms with Gasteiger partial charge in [-0.2, -0.15) is 0 Å². The van der Waals surface area contributed by atoms with E-state index in [0.29, 0.717) is 0 Å². The molecule has 1 fully saturated rings. The van der Waals surface area contributed by atoms with Gasteiger partial charge in [0.1, 0.15) is 5.82 Å². The predicted octanol–water partition coefficient (Wildman–Crippen LogP) is 2.87. The van der Waals surface area contributed by atoms with E-state index in [1.165, 1.54) is 12.8 Å². The molecule has 1 saturated heterocycles. The van der Waals surface area contributed by atoms with E-state index in [4.69, 9.17) is 16.6 Å². The summed E-state index contributed by atoms with van der Waals surface area (Å²) in [5.74, 6) is 1.16. The maximum atomic E-state index is 6.07. The van der Waals surface area contributed by atoms with E-state index in [1.807, 2.05) is 18.2 Å². The summed E-state index contributed by atoms with van der Waals surface area (Å²) in [6, 6.07) is 5.90. The van der Waals surface area contributed by atoms with Crippen molar-refractivity contribution in [3.63, 3.8) is 0 Å². The van der Waals surface area contributed by atoms with Crippen molar-refractivity contribution >= 4 is 22.6 Å². The minimum absolute atomic E-state index is 0.124. The minimum Gasteiger partial charge on any atom is -0.331 e. The zero-order valence-corrected chi connectivity index (χ0v) is 11.6. The Morgan fingerprint density at radius 1 is 1.44 bits per heavy atom. The van der Waals surface area contributed by atoms with Crippen LogP contribution in [-0.4, -0.2) is 22.6 Å². The van der Waals surface area contributed by atoms with Crippen LogP contribution in [0.5, 0.6) is 0 Å². The number of fused-ring (bicyclic) bond motifs is 1. The standard InChI is InChI=1S/C14H18ClN3/c1-14(6-3-7-16-9-14)13-17-11-5-4-10(15)8-12(11)18(13)2/h4-5,8,16H,3,6-7,9H2,1-2H3. The van der Waals surface area contributed by atoms with E-state index in [1.54, 1.807) is 0 Å². The van der Waals surface area contributed by atoms with Crippen LogP contribution in [0, 0.1) is 0 Å². The van der Waals surface area contributed by atoms with Gasteiger partial charge in [0.25, 0.3) is 0 Å². The fourth-order valence-electron chi connectivity index (χ4n) is 2.95. The molecule has 2 aromatic rings. The van der Waals surface area contributed by atoms with Gasteiger partial charge in [-0.1, -0.05) is 18.5 Å². The fraction of sp³-hybridized carbons (Fsp3) is 0.500. The van der Waals surface area contributed by atoms with Crippen LogP contribution in [0.25, 0.3) is 11.0 Å². The molecule has 0 saturated carbocycles. The molecule has 3 rings (SSSR count). The summed E-state index contributed by atoms with van der Waals surface area (Å²) in [6.45, 7) is 4.41. The highest BCUT2D eigenvalue weighted by atomic mass is 35.5. The first-order chi connectivity index (χ1) is 8.60. The van der Waals surface area contributed by atoms with Crippen molar-refractivity contribution in [1.29, 1.82) is 0 Å². The average molecular weight is 264 g/mol. The van der Waals surface area contributed by atoms with Gasteiger partial charge in [0.05, 0.1) is 11.0 Å². The lowest BCUT2D eigenvalue weighted by atomic mass is 9.82. The molecule has 0 radical (unpaired) electrons. The number of benzene rings is 1. The van der Waals surface area contributed by atoms with E-state index in [0.717, 1.165) is 35.0 Å². The fourth-order valence-corrected chi connectivity index (χ4v) is 3.12. The molecule has 0 bridgehead atoms. The van der Waals surface area contributed by atoms with Gasteiger partial charge in [0, 0.05) is 24.0 Å². The Morgan fingerprint density at radius 3 is 3.00 bits per heavy atom. The quantitative estimate of drug-likeness (QED) is 0.857. The monoisotopic (exact) mass is 263 g/mol. The topological polar surface area (TPSA) is 29.9 Å². The van der Waals surface area contributed by atoms with Gasteiger partial charge in [-0.25, -0.2) is 4.98 Å². The Labute approximate surface area is 112 Å². The van der Waals surface area contributed by atoms with E-state index in [9.17, 15) is 0 Å². The van der Waals surface area contributed by atoms with Crippen molar-refractivity contribution in [2.75, 3.05) is 13.1 Å². The van der Waals surface area contributed by atoms with Crippen LogP contribution in [-0.2, 0) is 12.5 Å². The summed E-state index contributed by atoms with van der Waals surface area (Å²) >= 11 is 6.07. The number of nitrogens with zero attached hydrogens (tertiary/aromatic N) is 2. The van der Waals surface area contributed by atoms with E-state index >= 15 is 0 Å². The van der Waals surface area contributed by atoms with Gasteiger partial charge in [-0.3, -0.25) is 0 Å². The SMILES string of the molecule is Cn1c(C2(C)CCCNC2)nc2ccc(Cl)cc21. The molecule has 4 heteroatoms. The van der Waals surface area contributed by atoms with Gasteiger partial charge in [0.15, 0.2) is 0 Å². The highest BCUT2D eigenvalue weighted by Crippen LogP contribution is 2.32. The number of aromatic nitrogens is 2. The lowest BCUT2D eigenvalue weighted by Gasteiger charge is -2.33. The molecule has 2 heterocycles. The Bertz CT molecular complexity index is 582. The highest BCUT2D eigenvalue weighted by Gasteiger charge is 2.33. The smallest absolute Gasteiger partial charge is 0.116 e. The third kappa shape index (κ3) is 1.82. The lowest BCUT2D eigenvalue weighted by Crippen LogP contribution is -2.42. The summed E-state index contributed by atoms with van der Waals surface area (Å²) < 4.78 is 2.19. The summed E-state index contributed by atoms with van der Waals surface area (Å²) in [5, 5.41) is 4.24. The largest absolute Gasteiger partial charge is 0.331 e.